The van der Waals surface area contributed by atoms with Gasteiger partial charge in [-0.3, -0.25) is 4.98 Å². The summed E-state index contributed by atoms with van der Waals surface area (Å²) in [5.74, 6) is 0. The lowest BCUT2D eigenvalue weighted by molar-refractivity contribution is 1.12. The molecule has 1 aromatic heterocycles. The average molecular weight is 199 g/mol. The van der Waals surface area contributed by atoms with Crippen molar-refractivity contribution >= 4 is 0 Å². The fourth-order valence-corrected chi connectivity index (χ4v) is 1.21. The molecule has 0 aliphatic rings. The Morgan fingerprint density at radius 1 is 0.667 bits per heavy atom. The van der Waals surface area contributed by atoms with Crippen molar-refractivity contribution in [2.45, 2.75) is 20.8 Å². The summed E-state index contributed by atoms with van der Waals surface area (Å²) in [4.78, 5) is 4.17. The maximum Gasteiger partial charge on any atom is 0.0375 e. The Labute approximate surface area is 91.8 Å². The van der Waals surface area contributed by atoms with E-state index in [4.69, 9.17) is 0 Å². The normalized spacial score (nSPS) is 9.00. The number of rotatable bonds is 0. The Hall–Kier alpha value is -1.63. The minimum Gasteiger partial charge on any atom is -0.258 e. The Kier molecular flexibility index (Phi) is 4.55. The van der Waals surface area contributed by atoms with E-state index in [1.807, 2.05) is 50.2 Å². The largest absolute Gasteiger partial charge is 0.258 e. The zero-order chi connectivity index (χ0) is 11.1. The first-order valence-electron chi connectivity index (χ1n) is 5.10. The highest BCUT2D eigenvalue weighted by molar-refractivity contribution is 5.11. The van der Waals surface area contributed by atoms with Gasteiger partial charge in [-0.2, -0.15) is 0 Å². The van der Waals surface area contributed by atoms with Crippen molar-refractivity contribution < 1.29 is 0 Å². The molecule has 0 aliphatic carbocycles. The lowest BCUT2D eigenvalue weighted by Crippen LogP contribution is -1.81. The number of nitrogens with zero attached hydrogens (tertiary/aromatic N) is 1. The second-order valence-corrected chi connectivity index (χ2v) is 3.58. The van der Waals surface area contributed by atoms with Crippen molar-refractivity contribution in [2.75, 3.05) is 0 Å². The predicted molar refractivity (Wildman–Crippen MR) is 64.9 cm³/mol. The molecule has 0 saturated carbocycles. The molecule has 15 heavy (non-hydrogen) atoms. The molecule has 0 saturated heterocycles. The monoisotopic (exact) mass is 199 g/mol. The van der Waals surface area contributed by atoms with Crippen molar-refractivity contribution in [3.05, 3.63) is 65.5 Å². The fourth-order valence-electron chi connectivity index (χ4n) is 1.21. The van der Waals surface area contributed by atoms with Crippen molar-refractivity contribution in [1.29, 1.82) is 0 Å². The second-order valence-electron chi connectivity index (χ2n) is 3.58. The van der Waals surface area contributed by atoms with Gasteiger partial charge in [0.05, 0.1) is 0 Å². The summed E-state index contributed by atoms with van der Waals surface area (Å²) in [6.45, 7) is 6.07. The number of pyridine rings is 1. The van der Waals surface area contributed by atoms with Gasteiger partial charge in [0.1, 0.15) is 0 Å². The molecule has 1 aromatic carbocycles. The van der Waals surface area contributed by atoms with Gasteiger partial charge in [0.2, 0.25) is 0 Å². The fraction of sp³-hybridized carbons (Fsp3) is 0.214. The van der Waals surface area contributed by atoms with Crippen LogP contribution in [0.15, 0.2) is 48.5 Å². The first kappa shape index (κ1) is 11.4. The number of aromatic nitrogens is 1. The molecular formula is C14H17N. The van der Waals surface area contributed by atoms with Gasteiger partial charge in [0.15, 0.2) is 0 Å². The van der Waals surface area contributed by atoms with Crippen molar-refractivity contribution in [3.63, 3.8) is 0 Å². The van der Waals surface area contributed by atoms with E-state index in [2.05, 4.69) is 24.0 Å². The van der Waals surface area contributed by atoms with Crippen LogP contribution in [0, 0.1) is 20.8 Å². The highest BCUT2D eigenvalue weighted by Gasteiger charge is 1.82. The molecular weight excluding hydrogens is 182 g/mol. The number of benzene rings is 1. The molecule has 0 unspecified atom stereocenters. The molecule has 78 valence electrons. The first-order valence-corrected chi connectivity index (χ1v) is 5.10. The van der Waals surface area contributed by atoms with E-state index in [9.17, 15) is 0 Å². The van der Waals surface area contributed by atoms with Crippen LogP contribution in [0.2, 0.25) is 0 Å². The van der Waals surface area contributed by atoms with Gasteiger partial charge in [-0.25, -0.2) is 0 Å². The summed E-state index contributed by atoms with van der Waals surface area (Å²) >= 11 is 0. The minimum absolute atomic E-state index is 1.09. The van der Waals surface area contributed by atoms with Crippen LogP contribution in [-0.4, -0.2) is 4.98 Å². The molecule has 1 nitrogen and oxygen atoms in total. The van der Waals surface area contributed by atoms with Gasteiger partial charge in [0.25, 0.3) is 0 Å². The Morgan fingerprint density at radius 3 is 1.47 bits per heavy atom. The van der Waals surface area contributed by atoms with Crippen molar-refractivity contribution in [2.24, 2.45) is 0 Å². The van der Waals surface area contributed by atoms with Crippen LogP contribution < -0.4 is 0 Å². The van der Waals surface area contributed by atoms with Gasteiger partial charge < -0.3 is 0 Å². The summed E-state index contributed by atoms with van der Waals surface area (Å²) < 4.78 is 0. The molecule has 0 bridgehead atoms. The zero-order valence-corrected chi connectivity index (χ0v) is 9.57. The third-order valence-electron chi connectivity index (χ3n) is 1.97. The van der Waals surface area contributed by atoms with Gasteiger partial charge in [0, 0.05) is 11.4 Å². The predicted octanol–water partition coefficient (Wildman–Crippen LogP) is 3.69. The van der Waals surface area contributed by atoms with E-state index >= 15 is 0 Å². The zero-order valence-electron chi connectivity index (χ0n) is 9.57. The Morgan fingerprint density at radius 2 is 1.20 bits per heavy atom. The number of hydrogen-bond acceptors (Lipinski definition) is 1. The second kappa shape index (κ2) is 5.97. The summed E-state index contributed by atoms with van der Waals surface area (Å²) in [5, 5.41) is 0. The summed E-state index contributed by atoms with van der Waals surface area (Å²) in [5.41, 5.74) is 3.50. The van der Waals surface area contributed by atoms with Crippen LogP contribution in [0.3, 0.4) is 0 Å². The molecule has 0 aliphatic heterocycles. The molecule has 0 atom stereocenters. The molecule has 0 N–H and O–H groups in total. The SMILES string of the molecule is Cc1cccc(C)n1.Cc1ccccc1. The molecule has 2 aromatic rings. The lowest BCUT2D eigenvalue weighted by atomic mass is 10.2. The molecule has 2 rings (SSSR count). The average Bonchev–Trinajstić information content (AvgIpc) is 2.19. The maximum atomic E-state index is 4.17. The van der Waals surface area contributed by atoms with Gasteiger partial charge in [-0.1, -0.05) is 42.0 Å². The van der Waals surface area contributed by atoms with Gasteiger partial charge in [-0.15, -0.1) is 0 Å². The van der Waals surface area contributed by atoms with Crippen LogP contribution in [0.4, 0.5) is 0 Å². The van der Waals surface area contributed by atoms with Crippen LogP contribution in [0.5, 0.6) is 0 Å². The van der Waals surface area contributed by atoms with Crippen LogP contribution >= 0.6 is 0 Å². The minimum atomic E-state index is 1.09. The smallest absolute Gasteiger partial charge is 0.0375 e. The quantitative estimate of drug-likeness (QED) is 0.630. The van der Waals surface area contributed by atoms with Gasteiger partial charge in [-0.05, 0) is 32.9 Å². The summed E-state index contributed by atoms with van der Waals surface area (Å²) in [6.07, 6.45) is 0. The summed E-state index contributed by atoms with van der Waals surface area (Å²) in [6, 6.07) is 16.3. The molecule has 0 amide bonds. The molecule has 1 heterocycles. The van der Waals surface area contributed by atoms with E-state index in [1.54, 1.807) is 0 Å². The highest BCUT2D eigenvalue weighted by atomic mass is 14.7. The van der Waals surface area contributed by atoms with E-state index in [1.165, 1.54) is 5.56 Å². The Balaban J connectivity index is 0.000000151. The maximum absolute atomic E-state index is 4.17. The van der Waals surface area contributed by atoms with E-state index in [0.717, 1.165) is 11.4 Å². The summed E-state index contributed by atoms with van der Waals surface area (Å²) in [7, 11) is 0. The molecule has 0 fully saturated rings. The van der Waals surface area contributed by atoms with E-state index in [0.29, 0.717) is 0 Å². The highest BCUT2D eigenvalue weighted by Crippen LogP contribution is 1.93. The van der Waals surface area contributed by atoms with Crippen LogP contribution in [0.1, 0.15) is 17.0 Å². The van der Waals surface area contributed by atoms with Crippen molar-refractivity contribution in [3.8, 4) is 0 Å². The first-order chi connectivity index (χ1) is 7.18. The van der Waals surface area contributed by atoms with Gasteiger partial charge >= 0.3 is 0 Å². The van der Waals surface area contributed by atoms with Crippen LogP contribution in [0.25, 0.3) is 0 Å². The van der Waals surface area contributed by atoms with E-state index in [-0.39, 0.29) is 0 Å². The topological polar surface area (TPSA) is 12.9 Å². The number of aryl methyl sites for hydroxylation is 3. The van der Waals surface area contributed by atoms with Crippen molar-refractivity contribution in [1.82, 2.24) is 4.98 Å². The molecule has 0 radical (unpaired) electrons. The number of hydrogen-bond donors (Lipinski definition) is 0. The third kappa shape index (κ3) is 4.96. The van der Waals surface area contributed by atoms with Crippen LogP contribution in [-0.2, 0) is 0 Å². The standard InChI is InChI=1S/C7H9N.C7H8/c1-6-4-3-5-7(2)8-6;1-7-5-3-2-4-6-7/h3-5H,1-2H3;2-6H,1H3. The molecule has 0 spiro atoms. The van der Waals surface area contributed by atoms with E-state index < -0.39 is 0 Å². The Bertz CT molecular complexity index is 376. The third-order valence-corrected chi connectivity index (χ3v) is 1.97. The lowest BCUT2D eigenvalue weighted by Gasteiger charge is -1.90. The molecule has 1 heteroatoms.